The number of benzene rings is 1. The summed E-state index contributed by atoms with van der Waals surface area (Å²) in [5.41, 5.74) is -0.00876. The zero-order valence-electron chi connectivity index (χ0n) is 15.3. The molecule has 0 amide bonds. The van der Waals surface area contributed by atoms with Crippen molar-refractivity contribution in [3.8, 4) is 0 Å². The molecule has 0 aliphatic heterocycles. The highest BCUT2D eigenvalue weighted by Crippen LogP contribution is 2.42. The molecule has 0 aromatic heterocycles. The van der Waals surface area contributed by atoms with Crippen LogP contribution in [0.1, 0.15) is 57.4 Å². The third kappa shape index (κ3) is 4.56. The van der Waals surface area contributed by atoms with Crippen LogP contribution in [0, 0.1) is 11.3 Å². The SMILES string of the molecule is COC(=O)[C@@](CCCc1ccccc1)(C(C)=O)[C@@H]1CCCCC(=O)C1. The largest absolute Gasteiger partial charge is 0.468 e. The molecule has 0 bridgehead atoms. The predicted octanol–water partition coefficient (Wildman–Crippen LogP) is 3.91. The fourth-order valence-corrected chi connectivity index (χ4v) is 4.09. The molecule has 2 rings (SSSR count). The third-order valence-corrected chi connectivity index (χ3v) is 5.49. The topological polar surface area (TPSA) is 60.4 Å². The number of rotatable bonds is 7. The van der Waals surface area contributed by atoms with Crippen molar-refractivity contribution in [3.05, 3.63) is 35.9 Å². The van der Waals surface area contributed by atoms with Crippen LogP contribution in [0.25, 0.3) is 0 Å². The molecule has 2 atom stereocenters. The Kier molecular flexibility index (Phi) is 6.91. The quantitative estimate of drug-likeness (QED) is 0.427. The number of hydrogen-bond acceptors (Lipinski definition) is 4. The minimum atomic E-state index is -1.19. The summed E-state index contributed by atoms with van der Waals surface area (Å²) in [7, 11) is 1.33. The minimum absolute atomic E-state index is 0.153. The van der Waals surface area contributed by atoms with Gasteiger partial charge >= 0.3 is 5.97 Å². The average molecular weight is 344 g/mol. The Bertz CT molecular complexity index is 608. The van der Waals surface area contributed by atoms with Crippen molar-refractivity contribution < 1.29 is 19.1 Å². The van der Waals surface area contributed by atoms with E-state index in [9.17, 15) is 14.4 Å². The lowest BCUT2D eigenvalue weighted by molar-refractivity contribution is -0.163. The number of carbonyl (C=O) groups is 3. The summed E-state index contributed by atoms with van der Waals surface area (Å²) in [4.78, 5) is 37.4. The Hall–Kier alpha value is -1.97. The summed E-state index contributed by atoms with van der Waals surface area (Å²) in [5.74, 6) is -0.747. The van der Waals surface area contributed by atoms with Crippen LogP contribution in [0.5, 0.6) is 0 Å². The van der Waals surface area contributed by atoms with Crippen LogP contribution in [0.15, 0.2) is 30.3 Å². The normalized spacial score (nSPS) is 20.4. The maximum atomic E-state index is 12.7. The van der Waals surface area contributed by atoms with Gasteiger partial charge < -0.3 is 4.74 Å². The molecule has 1 aliphatic rings. The standard InChI is InChI=1S/C21H28O4/c1-16(22)21(20(24)25-2,18-12-6-7-13-19(23)15-18)14-8-11-17-9-4-3-5-10-17/h3-5,9-10,18H,6-8,11-15H2,1-2H3/t18-,21+/m1/s1. The molecule has 25 heavy (non-hydrogen) atoms. The van der Waals surface area contributed by atoms with Gasteiger partial charge in [0.2, 0.25) is 0 Å². The van der Waals surface area contributed by atoms with Crippen LogP contribution in [0.4, 0.5) is 0 Å². The van der Waals surface area contributed by atoms with Gasteiger partial charge in [-0.1, -0.05) is 36.8 Å². The van der Waals surface area contributed by atoms with Gasteiger partial charge in [-0.05, 0) is 50.5 Å². The van der Waals surface area contributed by atoms with Crippen molar-refractivity contribution in [1.29, 1.82) is 0 Å². The van der Waals surface area contributed by atoms with Crippen molar-refractivity contribution in [3.63, 3.8) is 0 Å². The van der Waals surface area contributed by atoms with Gasteiger partial charge in [-0.25, -0.2) is 0 Å². The molecule has 0 saturated heterocycles. The Balaban J connectivity index is 2.22. The number of aryl methyl sites for hydroxylation is 1. The van der Waals surface area contributed by atoms with E-state index in [-0.39, 0.29) is 17.5 Å². The summed E-state index contributed by atoms with van der Waals surface area (Å²) in [6, 6.07) is 10.0. The molecule has 1 aliphatic carbocycles. The van der Waals surface area contributed by atoms with E-state index in [2.05, 4.69) is 0 Å². The van der Waals surface area contributed by atoms with E-state index in [0.29, 0.717) is 25.7 Å². The molecule has 136 valence electrons. The van der Waals surface area contributed by atoms with Gasteiger partial charge in [-0.2, -0.15) is 0 Å². The summed E-state index contributed by atoms with van der Waals surface area (Å²) in [6.45, 7) is 1.47. The lowest BCUT2D eigenvalue weighted by atomic mass is 9.66. The van der Waals surface area contributed by atoms with Gasteiger partial charge in [-0.3, -0.25) is 14.4 Å². The minimum Gasteiger partial charge on any atom is -0.468 e. The molecular weight excluding hydrogens is 316 g/mol. The van der Waals surface area contributed by atoms with Crippen molar-refractivity contribution in [2.75, 3.05) is 7.11 Å². The molecule has 1 fully saturated rings. The van der Waals surface area contributed by atoms with E-state index in [0.717, 1.165) is 25.7 Å². The first kappa shape index (κ1) is 19.4. The predicted molar refractivity (Wildman–Crippen MR) is 96.1 cm³/mol. The number of Topliss-reactive ketones (excluding diaryl/α,β-unsaturated/α-hetero) is 2. The van der Waals surface area contributed by atoms with Crippen LogP contribution in [0.2, 0.25) is 0 Å². The monoisotopic (exact) mass is 344 g/mol. The van der Waals surface area contributed by atoms with E-state index in [1.54, 1.807) is 0 Å². The second-order valence-electron chi connectivity index (χ2n) is 7.04. The summed E-state index contributed by atoms with van der Waals surface area (Å²) >= 11 is 0. The number of esters is 1. The molecule has 0 radical (unpaired) electrons. The first-order valence-electron chi connectivity index (χ1n) is 9.15. The number of ether oxygens (including phenoxy) is 1. The molecule has 0 heterocycles. The maximum absolute atomic E-state index is 12.7. The smallest absolute Gasteiger partial charge is 0.319 e. The molecule has 4 heteroatoms. The fourth-order valence-electron chi connectivity index (χ4n) is 4.09. The van der Waals surface area contributed by atoms with Crippen LogP contribution in [-0.2, 0) is 25.5 Å². The van der Waals surface area contributed by atoms with Crippen molar-refractivity contribution in [2.24, 2.45) is 11.3 Å². The second-order valence-corrected chi connectivity index (χ2v) is 7.04. The van der Waals surface area contributed by atoms with Gasteiger partial charge in [0.25, 0.3) is 0 Å². The number of hydrogen-bond donors (Lipinski definition) is 0. The average Bonchev–Trinajstić information content (AvgIpc) is 2.83. The Morgan fingerprint density at radius 1 is 1.20 bits per heavy atom. The Labute approximate surface area is 149 Å². The van der Waals surface area contributed by atoms with Gasteiger partial charge in [0.05, 0.1) is 7.11 Å². The highest BCUT2D eigenvalue weighted by molar-refractivity contribution is 6.03. The maximum Gasteiger partial charge on any atom is 0.319 e. The van der Waals surface area contributed by atoms with Gasteiger partial charge in [0.15, 0.2) is 0 Å². The van der Waals surface area contributed by atoms with E-state index in [1.165, 1.54) is 19.6 Å². The molecule has 1 saturated carbocycles. The molecule has 1 aromatic rings. The fraction of sp³-hybridized carbons (Fsp3) is 0.571. The van der Waals surface area contributed by atoms with E-state index in [1.807, 2.05) is 30.3 Å². The summed E-state index contributed by atoms with van der Waals surface area (Å²) < 4.78 is 5.04. The van der Waals surface area contributed by atoms with Gasteiger partial charge in [-0.15, -0.1) is 0 Å². The van der Waals surface area contributed by atoms with Crippen LogP contribution >= 0.6 is 0 Å². The first-order valence-corrected chi connectivity index (χ1v) is 9.15. The molecule has 0 unspecified atom stereocenters. The van der Waals surface area contributed by atoms with Crippen molar-refractivity contribution >= 4 is 17.5 Å². The Morgan fingerprint density at radius 3 is 2.56 bits per heavy atom. The van der Waals surface area contributed by atoms with Crippen molar-refractivity contribution in [1.82, 2.24) is 0 Å². The van der Waals surface area contributed by atoms with Crippen LogP contribution in [-0.4, -0.2) is 24.6 Å². The number of ketones is 2. The highest BCUT2D eigenvalue weighted by Gasteiger charge is 2.50. The molecule has 4 nitrogen and oxygen atoms in total. The van der Waals surface area contributed by atoms with E-state index >= 15 is 0 Å². The zero-order valence-corrected chi connectivity index (χ0v) is 15.3. The van der Waals surface area contributed by atoms with Crippen LogP contribution in [0.3, 0.4) is 0 Å². The zero-order chi connectivity index (χ0) is 18.3. The molecule has 0 spiro atoms. The van der Waals surface area contributed by atoms with Crippen molar-refractivity contribution in [2.45, 2.75) is 58.3 Å². The third-order valence-electron chi connectivity index (χ3n) is 5.49. The number of carbonyl (C=O) groups excluding carboxylic acids is 3. The highest BCUT2D eigenvalue weighted by atomic mass is 16.5. The lowest BCUT2D eigenvalue weighted by Gasteiger charge is -2.35. The summed E-state index contributed by atoms with van der Waals surface area (Å²) in [6.07, 6.45) is 5.25. The number of methoxy groups -OCH3 is 1. The lowest BCUT2D eigenvalue weighted by Crippen LogP contribution is -2.46. The first-order chi connectivity index (χ1) is 12.0. The molecule has 0 N–H and O–H groups in total. The molecular formula is C21H28O4. The van der Waals surface area contributed by atoms with Crippen LogP contribution < -0.4 is 0 Å². The molecule has 1 aromatic carbocycles. The second kappa shape index (κ2) is 8.93. The van der Waals surface area contributed by atoms with Gasteiger partial charge in [0.1, 0.15) is 17.0 Å². The summed E-state index contributed by atoms with van der Waals surface area (Å²) in [5, 5.41) is 0. The Morgan fingerprint density at radius 2 is 1.92 bits per heavy atom. The van der Waals surface area contributed by atoms with Gasteiger partial charge in [0, 0.05) is 12.8 Å². The van der Waals surface area contributed by atoms with E-state index in [4.69, 9.17) is 4.74 Å². The van der Waals surface area contributed by atoms with E-state index < -0.39 is 11.4 Å².